The number of hydrogen-bond donors (Lipinski definition) is 1. The molecule has 0 radical (unpaired) electrons. The summed E-state index contributed by atoms with van der Waals surface area (Å²) >= 11 is 12.4. The van der Waals surface area contributed by atoms with Crippen LogP contribution >= 0.6 is 23.2 Å². The fourth-order valence-corrected chi connectivity index (χ4v) is 6.07. The molecular weight excluding hydrogens is 593 g/mol. The van der Waals surface area contributed by atoms with Crippen molar-refractivity contribution in [3.05, 3.63) is 99.5 Å². The molecular formula is C32H39Cl2N3O4S. The Hall–Kier alpha value is -3.07. The molecule has 0 saturated carbocycles. The van der Waals surface area contributed by atoms with E-state index < -0.39 is 21.6 Å². The van der Waals surface area contributed by atoms with E-state index in [-0.39, 0.29) is 37.7 Å². The van der Waals surface area contributed by atoms with Gasteiger partial charge in [0.1, 0.15) is 6.04 Å². The van der Waals surface area contributed by atoms with Crippen LogP contribution in [-0.2, 0) is 32.6 Å². The van der Waals surface area contributed by atoms with Gasteiger partial charge in [-0.25, -0.2) is 8.42 Å². The highest BCUT2D eigenvalue weighted by molar-refractivity contribution is 7.92. The minimum atomic E-state index is -3.65. The summed E-state index contributed by atoms with van der Waals surface area (Å²) in [6, 6.07) is 21.0. The Morgan fingerprint density at radius 1 is 0.905 bits per heavy atom. The Kier molecular flexibility index (Phi) is 11.5. The van der Waals surface area contributed by atoms with Gasteiger partial charge in [-0.2, -0.15) is 0 Å². The van der Waals surface area contributed by atoms with Crippen LogP contribution in [0.2, 0.25) is 10.0 Å². The number of anilines is 1. The molecule has 0 aliphatic carbocycles. The van der Waals surface area contributed by atoms with Crippen LogP contribution in [-0.4, -0.2) is 49.5 Å². The summed E-state index contributed by atoms with van der Waals surface area (Å²) < 4.78 is 26.7. The number of nitrogens with one attached hydrogen (secondary N) is 1. The lowest BCUT2D eigenvalue weighted by Gasteiger charge is -2.34. The van der Waals surface area contributed by atoms with E-state index in [4.69, 9.17) is 23.2 Å². The first-order valence-corrected chi connectivity index (χ1v) is 16.4. The number of halogens is 2. The fraction of sp³-hybridized carbons (Fsp3) is 0.375. The van der Waals surface area contributed by atoms with Crippen LogP contribution in [0, 0.1) is 6.92 Å². The molecule has 10 heteroatoms. The Labute approximate surface area is 259 Å². The minimum absolute atomic E-state index is 0.0281. The maximum absolute atomic E-state index is 13.9. The monoisotopic (exact) mass is 631 g/mol. The van der Waals surface area contributed by atoms with Gasteiger partial charge in [-0.3, -0.25) is 13.9 Å². The van der Waals surface area contributed by atoms with Crippen LogP contribution in [0.5, 0.6) is 0 Å². The van der Waals surface area contributed by atoms with Gasteiger partial charge in [-0.05, 0) is 75.1 Å². The van der Waals surface area contributed by atoms with E-state index in [9.17, 15) is 18.0 Å². The molecule has 0 spiro atoms. The van der Waals surface area contributed by atoms with Gasteiger partial charge in [-0.15, -0.1) is 0 Å². The Bertz CT molecular complexity index is 1490. The van der Waals surface area contributed by atoms with Crippen molar-refractivity contribution in [2.45, 2.75) is 65.1 Å². The second kappa shape index (κ2) is 14.4. The van der Waals surface area contributed by atoms with Crippen molar-refractivity contribution in [2.75, 3.05) is 17.1 Å². The Morgan fingerprint density at radius 2 is 1.55 bits per heavy atom. The molecule has 2 amide bonds. The van der Waals surface area contributed by atoms with E-state index in [0.717, 1.165) is 22.9 Å². The number of carbonyl (C=O) groups excluding carboxylic acids is 2. The van der Waals surface area contributed by atoms with Crippen LogP contribution in [0.25, 0.3) is 0 Å². The first-order valence-electron chi connectivity index (χ1n) is 13.8. The number of carbonyl (C=O) groups is 2. The standard InChI is InChI=1S/C32H39Cl2N3O4S/c1-23-16-17-27(34)21-28(23)37(42(5,40)41)18-10-15-30(38)36(22-25-13-9-14-26(33)19-25)29(31(39)35-32(2,3)4)20-24-11-7-6-8-12-24/h6-9,11-14,16-17,19,21,29H,10,15,18,20,22H2,1-5H3,(H,35,39). The first-order chi connectivity index (χ1) is 19.6. The van der Waals surface area contributed by atoms with Crippen LogP contribution in [0.1, 0.15) is 50.3 Å². The molecule has 0 saturated heterocycles. The lowest BCUT2D eigenvalue weighted by Crippen LogP contribution is -2.54. The van der Waals surface area contributed by atoms with Gasteiger partial charge in [0.05, 0.1) is 11.9 Å². The zero-order chi connectivity index (χ0) is 31.1. The normalized spacial score (nSPS) is 12.5. The molecule has 0 heterocycles. The number of hydrogen-bond acceptors (Lipinski definition) is 4. The number of nitrogens with zero attached hydrogens (tertiary/aromatic N) is 2. The van der Waals surface area contributed by atoms with E-state index in [0.29, 0.717) is 22.2 Å². The molecule has 42 heavy (non-hydrogen) atoms. The molecule has 0 aliphatic rings. The van der Waals surface area contributed by atoms with Gasteiger partial charge >= 0.3 is 0 Å². The highest BCUT2D eigenvalue weighted by atomic mass is 35.5. The molecule has 3 rings (SSSR count). The molecule has 0 fully saturated rings. The van der Waals surface area contributed by atoms with Crippen molar-refractivity contribution in [3.8, 4) is 0 Å². The lowest BCUT2D eigenvalue weighted by atomic mass is 10.00. The van der Waals surface area contributed by atoms with E-state index in [2.05, 4.69) is 5.32 Å². The quantitative estimate of drug-likeness (QED) is 0.250. The molecule has 1 N–H and O–H groups in total. The number of sulfonamides is 1. The summed E-state index contributed by atoms with van der Waals surface area (Å²) in [7, 11) is -3.65. The van der Waals surface area contributed by atoms with Gasteiger partial charge in [0.25, 0.3) is 0 Å². The van der Waals surface area contributed by atoms with E-state index in [1.807, 2.05) is 64.1 Å². The molecule has 7 nitrogen and oxygen atoms in total. The largest absolute Gasteiger partial charge is 0.350 e. The predicted molar refractivity (Wildman–Crippen MR) is 171 cm³/mol. The smallest absolute Gasteiger partial charge is 0.243 e. The minimum Gasteiger partial charge on any atom is -0.350 e. The summed E-state index contributed by atoms with van der Waals surface area (Å²) in [6.45, 7) is 7.73. The summed E-state index contributed by atoms with van der Waals surface area (Å²) in [5.41, 5.74) is 2.40. The Morgan fingerprint density at radius 3 is 2.17 bits per heavy atom. The van der Waals surface area contributed by atoms with Crippen LogP contribution in [0.3, 0.4) is 0 Å². The van der Waals surface area contributed by atoms with Crippen LogP contribution < -0.4 is 9.62 Å². The van der Waals surface area contributed by atoms with Gasteiger partial charge in [0, 0.05) is 41.5 Å². The van der Waals surface area contributed by atoms with Crippen molar-refractivity contribution in [2.24, 2.45) is 0 Å². The van der Waals surface area contributed by atoms with Gasteiger partial charge in [0.15, 0.2) is 0 Å². The topological polar surface area (TPSA) is 86.8 Å². The number of benzene rings is 3. The van der Waals surface area contributed by atoms with Gasteiger partial charge < -0.3 is 10.2 Å². The SMILES string of the molecule is Cc1ccc(Cl)cc1N(CCCC(=O)N(Cc1cccc(Cl)c1)C(Cc1ccccc1)C(=O)NC(C)(C)C)S(C)(=O)=O. The third-order valence-electron chi connectivity index (χ3n) is 6.60. The maximum Gasteiger partial charge on any atom is 0.243 e. The van der Waals surface area contributed by atoms with Crippen molar-refractivity contribution in [3.63, 3.8) is 0 Å². The lowest BCUT2D eigenvalue weighted by molar-refractivity contribution is -0.142. The molecule has 0 aromatic heterocycles. The van der Waals surface area contributed by atoms with Crippen molar-refractivity contribution in [1.82, 2.24) is 10.2 Å². The van der Waals surface area contributed by atoms with Crippen LogP contribution in [0.4, 0.5) is 5.69 Å². The molecule has 0 bridgehead atoms. The second-order valence-corrected chi connectivity index (χ2v) is 14.2. The van der Waals surface area contributed by atoms with E-state index in [1.165, 1.54) is 4.31 Å². The summed E-state index contributed by atoms with van der Waals surface area (Å²) in [6.07, 6.45) is 1.71. The van der Waals surface area contributed by atoms with Crippen molar-refractivity contribution in [1.29, 1.82) is 0 Å². The molecule has 3 aromatic carbocycles. The molecule has 3 aromatic rings. The highest BCUT2D eigenvalue weighted by Gasteiger charge is 2.32. The zero-order valence-electron chi connectivity index (χ0n) is 24.7. The zero-order valence-corrected chi connectivity index (χ0v) is 27.1. The molecule has 226 valence electrons. The Balaban J connectivity index is 1.92. The third-order valence-corrected chi connectivity index (χ3v) is 8.25. The van der Waals surface area contributed by atoms with Crippen molar-refractivity contribution >= 4 is 50.7 Å². The van der Waals surface area contributed by atoms with Crippen molar-refractivity contribution < 1.29 is 18.0 Å². The summed E-state index contributed by atoms with van der Waals surface area (Å²) in [4.78, 5) is 29.2. The summed E-state index contributed by atoms with van der Waals surface area (Å²) in [5.74, 6) is -0.537. The second-order valence-electron chi connectivity index (χ2n) is 11.5. The molecule has 0 aliphatic heterocycles. The van der Waals surface area contributed by atoms with Gasteiger partial charge in [0.2, 0.25) is 21.8 Å². The maximum atomic E-state index is 13.9. The third kappa shape index (κ3) is 10.0. The fourth-order valence-electron chi connectivity index (χ4n) is 4.67. The number of amides is 2. The molecule has 1 unspecified atom stereocenters. The summed E-state index contributed by atoms with van der Waals surface area (Å²) in [5, 5.41) is 3.99. The average Bonchev–Trinajstić information content (AvgIpc) is 2.89. The predicted octanol–water partition coefficient (Wildman–Crippen LogP) is 6.40. The number of aryl methyl sites for hydroxylation is 1. The molecule has 1 atom stereocenters. The van der Waals surface area contributed by atoms with Gasteiger partial charge in [-0.1, -0.05) is 71.7 Å². The van der Waals surface area contributed by atoms with E-state index >= 15 is 0 Å². The first kappa shape index (κ1) is 33.4. The van der Waals surface area contributed by atoms with Crippen LogP contribution in [0.15, 0.2) is 72.8 Å². The average molecular weight is 633 g/mol. The highest BCUT2D eigenvalue weighted by Crippen LogP contribution is 2.27. The van der Waals surface area contributed by atoms with E-state index in [1.54, 1.807) is 41.3 Å². The number of rotatable bonds is 12.